The minimum atomic E-state index is -0.489. The number of anilines is 1. The molecule has 6 rings (SSSR count). The van der Waals surface area contributed by atoms with Crippen molar-refractivity contribution in [3.05, 3.63) is 105 Å². The van der Waals surface area contributed by atoms with Crippen LogP contribution in [-0.2, 0) is 11.2 Å². The number of fused-ring (bicyclic) bond motifs is 2. The van der Waals surface area contributed by atoms with Gasteiger partial charge in [-0.2, -0.15) is 0 Å². The summed E-state index contributed by atoms with van der Waals surface area (Å²) in [5.74, 6) is 0.949. The van der Waals surface area contributed by atoms with E-state index in [0.717, 1.165) is 41.1 Å². The largest absolute Gasteiger partial charge is 0.324 e. The van der Waals surface area contributed by atoms with Crippen molar-refractivity contribution in [2.45, 2.75) is 43.2 Å². The topological polar surface area (TPSA) is 51.1 Å². The molecular formula is C29H26N2O2S. The quantitative estimate of drug-likeness (QED) is 0.389. The minimum absolute atomic E-state index is 0.0796. The van der Waals surface area contributed by atoms with Gasteiger partial charge in [0.1, 0.15) is 6.04 Å². The third-order valence-corrected chi connectivity index (χ3v) is 8.03. The second-order valence-corrected chi connectivity index (χ2v) is 10.4. The van der Waals surface area contributed by atoms with Gasteiger partial charge in [0.15, 0.2) is 0 Å². The van der Waals surface area contributed by atoms with Crippen LogP contribution in [0, 0.1) is 6.92 Å². The van der Waals surface area contributed by atoms with E-state index in [1.165, 1.54) is 21.9 Å². The van der Waals surface area contributed by atoms with Gasteiger partial charge in [0.05, 0.1) is 5.03 Å². The molecule has 2 aliphatic rings. The lowest BCUT2D eigenvalue weighted by Crippen LogP contribution is -2.33. The van der Waals surface area contributed by atoms with E-state index in [0.29, 0.717) is 11.7 Å². The molecule has 1 N–H and O–H groups in total. The van der Waals surface area contributed by atoms with Crippen molar-refractivity contribution in [2.75, 3.05) is 11.1 Å². The molecule has 1 aliphatic heterocycles. The number of rotatable bonds is 5. The predicted octanol–water partition coefficient (Wildman–Crippen LogP) is 6.06. The fraction of sp³-hybridized carbons (Fsp3) is 0.241. The maximum absolute atomic E-state index is 13.4. The predicted molar refractivity (Wildman–Crippen MR) is 139 cm³/mol. The first-order chi connectivity index (χ1) is 16.6. The number of benzene rings is 3. The Morgan fingerprint density at radius 2 is 1.79 bits per heavy atom. The van der Waals surface area contributed by atoms with Gasteiger partial charge in [0.2, 0.25) is 5.91 Å². The summed E-state index contributed by atoms with van der Waals surface area (Å²) in [5.41, 5.74) is 5.41. The first-order valence-electron chi connectivity index (χ1n) is 11.8. The number of pyridine rings is 1. The zero-order valence-electron chi connectivity index (χ0n) is 19.1. The molecule has 2 heterocycles. The number of thioether (sulfide) groups is 1. The molecular weight excluding hydrogens is 440 g/mol. The number of aromatic nitrogens is 1. The van der Waals surface area contributed by atoms with Gasteiger partial charge in [-0.15, -0.1) is 11.8 Å². The molecule has 1 amide bonds. The second kappa shape index (κ2) is 8.48. The van der Waals surface area contributed by atoms with E-state index in [-0.39, 0.29) is 11.5 Å². The summed E-state index contributed by atoms with van der Waals surface area (Å²) in [4.78, 5) is 26.5. The van der Waals surface area contributed by atoms with Crippen molar-refractivity contribution in [3.8, 4) is 0 Å². The Balaban J connectivity index is 1.38. The van der Waals surface area contributed by atoms with Crippen LogP contribution in [0.2, 0.25) is 0 Å². The van der Waals surface area contributed by atoms with Crippen LogP contribution >= 0.6 is 11.8 Å². The number of hydrogen-bond donors (Lipinski definition) is 1. The number of nitrogens with zero attached hydrogens (tertiary/aromatic N) is 1. The minimum Gasteiger partial charge on any atom is -0.324 e. The molecule has 1 saturated carbocycles. The normalized spacial score (nSPS) is 17.0. The molecule has 1 aliphatic carbocycles. The average Bonchev–Trinajstić information content (AvgIpc) is 3.56. The Morgan fingerprint density at radius 1 is 1.00 bits per heavy atom. The lowest BCUT2D eigenvalue weighted by atomic mass is 9.95. The van der Waals surface area contributed by atoms with E-state index in [4.69, 9.17) is 0 Å². The molecule has 0 unspecified atom stereocenters. The molecule has 4 aromatic rings. The maximum Gasteiger partial charge on any atom is 0.252 e. The fourth-order valence-corrected chi connectivity index (χ4v) is 6.51. The van der Waals surface area contributed by atoms with Gasteiger partial charge < -0.3 is 5.32 Å². The van der Waals surface area contributed by atoms with Gasteiger partial charge in [-0.3, -0.25) is 14.2 Å². The zero-order chi connectivity index (χ0) is 23.2. The number of carbonyl (C=O) groups excluding carboxylic acids is 1. The fourth-order valence-electron chi connectivity index (χ4n) is 5.09. The summed E-state index contributed by atoms with van der Waals surface area (Å²) >= 11 is 1.66. The molecule has 1 fully saturated rings. The molecule has 0 radical (unpaired) electrons. The van der Waals surface area contributed by atoms with Crippen LogP contribution in [0.5, 0.6) is 0 Å². The third kappa shape index (κ3) is 3.84. The summed E-state index contributed by atoms with van der Waals surface area (Å²) in [7, 11) is 0. The Kier molecular flexibility index (Phi) is 5.30. The lowest BCUT2D eigenvalue weighted by molar-refractivity contribution is -0.118. The number of hydrogen-bond acceptors (Lipinski definition) is 3. The SMILES string of the molecule is Cc1cccc(NC(=O)[C@@H]2CSc3c(C4CC4)c(Cc4cccc5ccccc45)cc(=O)n32)c1. The molecule has 1 atom stereocenters. The van der Waals surface area contributed by atoms with Gasteiger partial charge in [0.25, 0.3) is 5.56 Å². The van der Waals surface area contributed by atoms with Crippen LogP contribution in [0.3, 0.4) is 0 Å². The number of amides is 1. The summed E-state index contributed by atoms with van der Waals surface area (Å²) < 4.78 is 1.75. The lowest BCUT2D eigenvalue weighted by Gasteiger charge is -2.18. The Morgan fingerprint density at radius 3 is 2.62 bits per heavy atom. The van der Waals surface area contributed by atoms with Crippen molar-refractivity contribution in [3.63, 3.8) is 0 Å². The smallest absolute Gasteiger partial charge is 0.252 e. The van der Waals surface area contributed by atoms with Crippen molar-refractivity contribution < 1.29 is 4.79 Å². The van der Waals surface area contributed by atoms with Crippen molar-refractivity contribution in [1.82, 2.24) is 4.57 Å². The molecule has 34 heavy (non-hydrogen) atoms. The highest BCUT2D eigenvalue weighted by atomic mass is 32.2. The Hall–Kier alpha value is -3.31. The van der Waals surface area contributed by atoms with Crippen LogP contribution < -0.4 is 10.9 Å². The Labute approximate surface area is 203 Å². The first-order valence-corrected chi connectivity index (χ1v) is 12.8. The van der Waals surface area contributed by atoms with Crippen molar-refractivity contribution in [2.24, 2.45) is 0 Å². The van der Waals surface area contributed by atoms with E-state index in [2.05, 4.69) is 47.8 Å². The third-order valence-electron chi connectivity index (χ3n) is 6.85. The highest BCUT2D eigenvalue weighted by molar-refractivity contribution is 7.99. The van der Waals surface area contributed by atoms with Crippen LogP contribution in [0.25, 0.3) is 10.8 Å². The van der Waals surface area contributed by atoms with Crippen LogP contribution in [0.4, 0.5) is 5.69 Å². The monoisotopic (exact) mass is 466 g/mol. The maximum atomic E-state index is 13.4. The Bertz CT molecular complexity index is 1480. The molecule has 3 aromatic carbocycles. The standard InChI is InChI=1S/C29H26N2O2S/c1-18-6-4-10-23(14-18)30-28(33)25-17-34-29-27(20-12-13-20)22(16-26(32)31(25)29)15-21-9-5-8-19-7-2-3-11-24(19)21/h2-11,14,16,20,25H,12-13,15,17H2,1H3,(H,30,33)/t25-/m0/s1. The van der Waals surface area contributed by atoms with Crippen LogP contribution in [0.15, 0.2) is 82.6 Å². The van der Waals surface area contributed by atoms with Gasteiger partial charge in [-0.05, 0) is 77.3 Å². The average molecular weight is 467 g/mol. The second-order valence-electron chi connectivity index (χ2n) is 9.37. The zero-order valence-corrected chi connectivity index (χ0v) is 19.9. The molecule has 5 heteroatoms. The molecule has 1 aromatic heterocycles. The number of aryl methyl sites for hydroxylation is 1. The molecule has 4 nitrogen and oxygen atoms in total. The van der Waals surface area contributed by atoms with E-state index in [1.807, 2.05) is 31.2 Å². The van der Waals surface area contributed by atoms with E-state index in [1.54, 1.807) is 22.4 Å². The molecule has 0 saturated heterocycles. The summed E-state index contributed by atoms with van der Waals surface area (Å²) in [6.07, 6.45) is 3.03. The van der Waals surface area contributed by atoms with E-state index in [9.17, 15) is 9.59 Å². The molecule has 170 valence electrons. The summed E-state index contributed by atoms with van der Waals surface area (Å²) in [6.45, 7) is 2.00. The van der Waals surface area contributed by atoms with E-state index < -0.39 is 6.04 Å². The van der Waals surface area contributed by atoms with Gasteiger partial charge in [-0.25, -0.2) is 0 Å². The van der Waals surface area contributed by atoms with Crippen LogP contribution in [0.1, 0.15) is 47.1 Å². The van der Waals surface area contributed by atoms with E-state index >= 15 is 0 Å². The summed E-state index contributed by atoms with van der Waals surface area (Å²) in [5, 5.41) is 6.46. The highest BCUT2D eigenvalue weighted by Crippen LogP contribution is 2.48. The highest BCUT2D eigenvalue weighted by Gasteiger charge is 2.37. The van der Waals surface area contributed by atoms with Crippen molar-refractivity contribution in [1.29, 1.82) is 0 Å². The number of nitrogens with one attached hydrogen (secondary N) is 1. The first kappa shape index (κ1) is 21.2. The summed E-state index contributed by atoms with van der Waals surface area (Å²) in [6, 6.07) is 23.9. The molecule has 0 spiro atoms. The van der Waals surface area contributed by atoms with Gasteiger partial charge in [-0.1, -0.05) is 54.6 Å². The van der Waals surface area contributed by atoms with Crippen molar-refractivity contribution >= 4 is 34.1 Å². The number of carbonyl (C=O) groups is 1. The van der Waals surface area contributed by atoms with Gasteiger partial charge in [0, 0.05) is 17.5 Å². The van der Waals surface area contributed by atoms with Crippen LogP contribution in [-0.4, -0.2) is 16.2 Å². The van der Waals surface area contributed by atoms with Gasteiger partial charge >= 0.3 is 0 Å². The molecule has 0 bridgehead atoms.